The molecule has 0 spiro atoms. The molecule has 122 valence electrons. The van der Waals surface area contributed by atoms with Crippen LogP contribution in [0.1, 0.15) is 33.6 Å². The van der Waals surface area contributed by atoms with E-state index in [4.69, 9.17) is 4.74 Å². The van der Waals surface area contributed by atoms with Gasteiger partial charge in [0.2, 0.25) is 0 Å². The topological polar surface area (TPSA) is 67.4 Å². The molecule has 0 bridgehead atoms. The maximum atomic E-state index is 12.2. The zero-order valence-corrected chi connectivity index (χ0v) is 14.4. The normalized spacial score (nSPS) is 18.9. The highest BCUT2D eigenvalue weighted by molar-refractivity contribution is 7.98. The van der Waals surface area contributed by atoms with Crippen molar-refractivity contribution < 1.29 is 9.53 Å². The van der Waals surface area contributed by atoms with Crippen molar-refractivity contribution in [3.63, 3.8) is 0 Å². The number of likely N-dealkylation sites (tertiary alicyclic amines) is 1. The third-order valence-electron chi connectivity index (χ3n) is 3.24. The van der Waals surface area contributed by atoms with Gasteiger partial charge in [0.25, 0.3) is 0 Å². The molecule has 0 aromatic carbocycles. The van der Waals surface area contributed by atoms with Crippen LogP contribution in [0.3, 0.4) is 0 Å². The number of piperidine rings is 1. The van der Waals surface area contributed by atoms with Crippen molar-refractivity contribution in [3.05, 3.63) is 12.3 Å². The van der Waals surface area contributed by atoms with Crippen LogP contribution in [-0.2, 0) is 4.74 Å². The molecule has 0 aliphatic carbocycles. The molecule has 0 unspecified atom stereocenters. The third kappa shape index (κ3) is 5.05. The maximum absolute atomic E-state index is 12.2. The van der Waals surface area contributed by atoms with Crippen LogP contribution in [0, 0.1) is 0 Å². The zero-order valence-electron chi connectivity index (χ0n) is 13.6. The lowest BCUT2D eigenvalue weighted by Crippen LogP contribution is -2.47. The maximum Gasteiger partial charge on any atom is 0.410 e. The smallest absolute Gasteiger partial charge is 0.410 e. The molecule has 1 aromatic heterocycles. The van der Waals surface area contributed by atoms with Crippen LogP contribution >= 0.6 is 11.8 Å². The van der Waals surface area contributed by atoms with Gasteiger partial charge in [-0.1, -0.05) is 11.8 Å². The Morgan fingerprint density at radius 3 is 2.95 bits per heavy atom. The fourth-order valence-electron chi connectivity index (χ4n) is 2.32. The number of nitrogens with zero attached hydrogens (tertiary/aromatic N) is 3. The molecule has 2 rings (SSSR count). The van der Waals surface area contributed by atoms with Crippen LogP contribution in [-0.4, -0.2) is 51.9 Å². The summed E-state index contributed by atoms with van der Waals surface area (Å²) in [6, 6.07) is 2.04. The first-order valence-corrected chi connectivity index (χ1v) is 8.71. The number of carbonyl (C=O) groups excluding carboxylic acids is 1. The van der Waals surface area contributed by atoms with E-state index in [1.165, 1.54) is 11.8 Å². The largest absolute Gasteiger partial charge is 0.444 e. The SMILES string of the molecule is CSc1nccc(N[C@H]2CCCN(C(=O)OC(C)(C)C)C2)n1. The second-order valence-electron chi connectivity index (χ2n) is 6.34. The summed E-state index contributed by atoms with van der Waals surface area (Å²) in [5, 5.41) is 4.13. The predicted octanol–water partition coefficient (Wildman–Crippen LogP) is 3.01. The summed E-state index contributed by atoms with van der Waals surface area (Å²) in [6.45, 7) is 7.03. The summed E-state index contributed by atoms with van der Waals surface area (Å²) >= 11 is 1.51. The molecule has 6 nitrogen and oxygen atoms in total. The Hall–Kier alpha value is -1.50. The molecule has 1 N–H and O–H groups in total. The minimum atomic E-state index is -0.461. The summed E-state index contributed by atoms with van der Waals surface area (Å²) in [5.74, 6) is 0.801. The number of anilines is 1. The van der Waals surface area contributed by atoms with E-state index in [0.717, 1.165) is 30.4 Å². The molecule has 22 heavy (non-hydrogen) atoms. The summed E-state index contributed by atoms with van der Waals surface area (Å²) in [7, 11) is 0. The molecule has 0 radical (unpaired) electrons. The summed E-state index contributed by atoms with van der Waals surface area (Å²) in [4.78, 5) is 22.5. The van der Waals surface area contributed by atoms with E-state index >= 15 is 0 Å². The average Bonchev–Trinajstić information content (AvgIpc) is 2.46. The summed E-state index contributed by atoms with van der Waals surface area (Å²) in [5.41, 5.74) is -0.461. The second kappa shape index (κ2) is 7.17. The van der Waals surface area contributed by atoms with E-state index in [1.807, 2.05) is 33.1 Å². The van der Waals surface area contributed by atoms with E-state index in [0.29, 0.717) is 6.54 Å². The first-order valence-electron chi connectivity index (χ1n) is 7.49. The van der Waals surface area contributed by atoms with Gasteiger partial charge in [0.05, 0.1) is 0 Å². The molecule has 2 heterocycles. The van der Waals surface area contributed by atoms with Gasteiger partial charge in [0.15, 0.2) is 5.16 Å². The van der Waals surface area contributed by atoms with E-state index in [2.05, 4.69) is 15.3 Å². The van der Waals surface area contributed by atoms with Crippen LogP contribution in [0.5, 0.6) is 0 Å². The Morgan fingerprint density at radius 2 is 2.27 bits per heavy atom. The molecule has 1 aromatic rings. The Morgan fingerprint density at radius 1 is 1.50 bits per heavy atom. The molecule has 0 saturated carbocycles. The summed E-state index contributed by atoms with van der Waals surface area (Å²) < 4.78 is 5.44. The fraction of sp³-hybridized carbons (Fsp3) is 0.667. The molecule has 1 fully saturated rings. The fourth-order valence-corrected chi connectivity index (χ4v) is 2.67. The van der Waals surface area contributed by atoms with Crippen molar-refractivity contribution in [2.45, 2.75) is 50.4 Å². The van der Waals surface area contributed by atoms with Gasteiger partial charge in [0, 0.05) is 25.3 Å². The standard InChI is InChI=1S/C15H24N4O2S/c1-15(2,3)21-14(20)19-9-5-6-11(10-19)17-12-7-8-16-13(18-12)22-4/h7-8,11H,5-6,9-10H2,1-4H3,(H,16,17,18)/t11-/m0/s1. The van der Waals surface area contributed by atoms with Gasteiger partial charge in [0.1, 0.15) is 11.4 Å². The van der Waals surface area contributed by atoms with E-state index < -0.39 is 5.60 Å². The van der Waals surface area contributed by atoms with Crippen LogP contribution in [0.2, 0.25) is 0 Å². The highest BCUT2D eigenvalue weighted by Crippen LogP contribution is 2.18. The highest BCUT2D eigenvalue weighted by Gasteiger charge is 2.27. The third-order valence-corrected chi connectivity index (χ3v) is 3.80. The molecule has 1 saturated heterocycles. The van der Waals surface area contributed by atoms with Crippen molar-refractivity contribution in [2.24, 2.45) is 0 Å². The van der Waals surface area contributed by atoms with Gasteiger partial charge in [-0.2, -0.15) is 0 Å². The van der Waals surface area contributed by atoms with Crippen LogP contribution in [0.15, 0.2) is 17.4 Å². The van der Waals surface area contributed by atoms with E-state index in [-0.39, 0.29) is 12.1 Å². The Kier molecular flexibility index (Phi) is 5.50. The lowest BCUT2D eigenvalue weighted by molar-refractivity contribution is 0.0206. The number of carbonyl (C=O) groups is 1. The second-order valence-corrected chi connectivity index (χ2v) is 7.11. The van der Waals surface area contributed by atoms with Gasteiger partial charge >= 0.3 is 6.09 Å². The lowest BCUT2D eigenvalue weighted by atomic mass is 10.1. The number of nitrogens with one attached hydrogen (secondary N) is 1. The monoisotopic (exact) mass is 324 g/mol. The Labute approximate surface area is 136 Å². The van der Waals surface area contributed by atoms with Gasteiger partial charge in [-0.25, -0.2) is 14.8 Å². The number of aromatic nitrogens is 2. The molecule has 1 aliphatic rings. The minimum Gasteiger partial charge on any atom is -0.444 e. The molecule has 1 amide bonds. The minimum absolute atomic E-state index is 0.186. The molecule has 1 aliphatic heterocycles. The predicted molar refractivity (Wildman–Crippen MR) is 88.3 cm³/mol. The van der Waals surface area contributed by atoms with Crippen molar-refractivity contribution in [1.29, 1.82) is 0 Å². The lowest BCUT2D eigenvalue weighted by Gasteiger charge is -2.34. The average molecular weight is 324 g/mol. The first kappa shape index (κ1) is 16.9. The Balaban J connectivity index is 1.94. The van der Waals surface area contributed by atoms with Gasteiger partial charge in [-0.3, -0.25) is 0 Å². The first-order chi connectivity index (χ1) is 10.4. The van der Waals surface area contributed by atoms with Crippen molar-refractivity contribution in [3.8, 4) is 0 Å². The van der Waals surface area contributed by atoms with Crippen LogP contribution in [0.25, 0.3) is 0 Å². The molecular formula is C15H24N4O2S. The van der Waals surface area contributed by atoms with Gasteiger partial charge in [-0.15, -0.1) is 0 Å². The number of ether oxygens (including phenoxy) is 1. The highest BCUT2D eigenvalue weighted by atomic mass is 32.2. The number of amides is 1. The van der Waals surface area contributed by atoms with Crippen molar-refractivity contribution >= 4 is 23.7 Å². The summed E-state index contributed by atoms with van der Waals surface area (Å²) in [6.07, 6.45) is 5.42. The van der Waals surface area contributed by atoms with E-state index in [9.17, 15) is 4.79 Å². The zero-order chi connectivity index (χ0) is 16.2. The van der Waals surface area contributed by atoms with Crippen LogP contribution < -0.4 is 5.32 Å². The number of hydrogen-bond donors (Lipinski definition) is 1. The number of hydrogen-bond acceptors (Lipinski definition) is 6. The molecule has 1 atom stereocenters. The van der Waals surface area contributed by atoms with Crippen molar-refractivity contribution in [1.82, 2.24) is 14.9 Å². The van der Waals surface area contributed by atoms with E-state index in [1.54, 1.807) is 11.1 Å². The quantitative estimate of drug-likeness (QED) is 0.681. The number of rotatable bonds is 3. The molecule has 7 heteroatoms. The van der Waals surface area contributed by atoms with Gasteiger partial charge in [-0.05, 0) is 45.9 Å². The van der Waals surface area contributed by atoms with Gasteiger partial charge < -0.3 is 15.0 Å². The number of thioether (sulfide) groups is 1. The van der Waals surface area contributed by atoms with Crippen LogP contribution in [0.4, 0.5) is 10.6 Å². The molecular weight excluding hydrogens is 300 g/mol. The van der Waals surface area contributed by atoms with Crippen molar-refractivity contribution in [2.75, 3.05) is 24.7 Å². The Bertz CT molecular complexity index is 519.